The second-order valence-electron chi connectivity index (χ2n) is 3.81. The minimum atomic E-state index is -3.16. The van der Waals surface area contributed by atoms with Crippen molar-refractivity contribution in [1.29, 1.82) is 0 Å². The Hall–Kier alpha value is -0.830. The molecule has 0 aliphatic carbocycles. The van der Waals surface area contributed by atoms with Gasteiger partial charge in [-0.2, -0.15) is 0 Å². The smallest absolute Gasteiger partial charge is 0.180 e. The van der Waals surface area contributed by atoms with Gasteiger partial charge in [0.25, 0.3) is 0 Å². The quantitative estimate of drug-likeness (QED) is 0.789. The van der Waals surface area contributed by atoms with E-state index in [0.29, 0.717) is 17.7 Å². The number of hydrogen-bond acceptors (Lipinski definition) is 2. The van der Waals surface area contributed by atoms with Crippen LogP contribution in [0.15, 0.2) is 29.2 Å². The third-order valence-electron chi connectivity index (χ3n) is 2.35. The highest BCUT2D eigenvalue weighted by Crippen LogP contribution is 2.21. The summed E-state index contributed by atoms with van der Waals surface area (Å²) >= 11 is 0. The van der Waals surface area contributed by atoms with Crippen LogP contribution >= 0.6 is 0 Å². The third kappa shape index (κ3) is 2.59. The van der Waals surface area contributed by atoms with Gasteiger partial charge in [0.05, 0.1) is 10.1 Å². The lowest BCUT2D eigenvalue weighted by atomic mass is 10.1. The fourth-order valence-corrected chi connectivity index (χ4v) is 2.74. The van der Waals surface area contributed by atoms with Crippen molar-refractivity contribution in [3.05, 3.63) is 36.8 Å². The molecule has 0 saturated heterocycles. The Labute approximate surface area is 92.2 Å². The van der Waals surface area contributed by atoms with Crippen LogP contribution < -0.4 is 0 Å². The molecule has 0 unspecified atom stereocenters. The minimum Gasteiger partial charge on any atom is -0.223 e. The second-order valence-corrected chi connectivity index (χ2v) is 6.28. The highest BCUT2D eigenvalue weighted by molar-refractivity contribution is 7.92. The average Bonchev–Trinajstić information content (AvgIpc) is 2.18. The first-order chi connectivity index (χ1) is 7.00. The van der Waals surface area contributed by atoms with E-state index in [1.54, 1.807) is 26.0 Å². The average molecular weight is 225 g/mol. The molecule has 0 heterocycles. The van der Waals surface area contributed by atoms with E-state index in [2.05, 4.69) is 6.92 Å². The van der Waals surface area contributed by atoms with E-state index in [1.165, 1.54) is 0 Å². The predicted octanol–water partition coefficient (Wildman–Crippen LogP) is 2.64. The number of aryl methyl sites for hydroxylation is 1. The molecule has 0 aliphatic rings. The van der Waals surface area contributed by atoms with Crippen molar-refractivity contribution in [3.63, 3.8) is 0 Å². The van der Waals surface area contributed by atoms with Gasteiger partial charge in [-0.1, -0.05) is 25.1 Å². The number of benzene rings is 1. The van der Waals surface area contributed by atoms with Crippen molar-refractivity contribution < 1.29 is 8.42 Å². The van der Waals surface area contributed by atoms with Gasteiger partial charge in [0.1, 0.15) is 0 Å². The summed E-state index contributed by atoms with van der Waals surface area (Å²) in [7, 11) is -3.16. The Bertz CT molecular complexity index is 419. The van der Waals surface area contributed by atoms with Crippen LogP contribution in [0.25, 0.3) is 0 Å². The summed E-state index contributed by atoms with van der Waals surface area (Å²) in [5.41, 5.74) is 0.876. The zero-order valence-electron chi connectivity index (χ0n) is 9.23. The van der Waals surface area contributed by atoms with Crippen molar-refractivity contribution in [3.8, 4) is 0 Å². The topological polar surface area (TPSA) is 34.1 Å². The number of hydrogen-bond donors (Lipinski definition) is 0. The van der Waals surface area contributed by atoms with Crippen LogP contribution in [0.4, 0.5) is 0 Å². The molecule has 3 heteroatoms. The lowest BCUT2D eigenvalue weighted by Gasteiger charge is -2.12. The maximum Gasteiger partial charge on any atom is 0.180 e. The molecule has 1 aromatic rings. The summed E-state index contributed by atoms with van der Waals surface area (Å²) in [6, 6.07) is 7.17. The molecule has 15 heavy (non-hydrogen) atoms. The summed E-state index contributed by atoms with van der Waals surface area (Å²) in [6.45, 7) is 7.16. The molecule has 1 radical (unpaired) electrons. The zero-order valence-corrected chi connectivity index (χ0v) is 10.0. The molecule has 0 aliphatic heterocycles. The number of rotatable bonds is 4. The minimum absolute atomic E-state index is 0.372. The highest BCUT2D eigenvalue weighted by atomic mass is 32.2. The SMILES string of the molecule is [CH2]CCc1ccccc1S(=O)(=O)C(C)C. The first-order valence-corrected chi connectivity index (χ1v) is 6.66. The molecule has 2 nitrogen and oxygen atoms in total. The van der Waals surface area contributed by atoms with Gasteiger partial charge < -0.3 is 0 Å². The molecule has 0 fully saturated rings. The Balaban J connectivity index is 3.25. The van der Waals surface area contributed by atoms with E-state index in [9.17, 15) is 8.42 Å². The Morgan fingerprint density at radius 3 is 2.40 bits per heavy atom. The van der Waals surface area contributed by atoms with Gasteiger partial charge in [-0.25, -0.2) is 8.42 Å². The molecule has 0 spiro atoms. The lowest BCUT2D eigenvalue weighted by Crippen LogP contribution is -2.15. The van der Waals surface area contributed by atoms with Crippen LogP contribution in [0.2, 0.25) is 0 Å². The van der Waals surface area contributed by atoms with Crippen molar-refractivity contribution in [2.75, 3.05) is 0 Å². The first-order valence-electron chi connectivity index (χ1n) is 5.11. The molecular formula is C12H17O2S. The van der Waals surface area contributed by atoms with E-state index in [-0.39, 0.29) is 5.25 Å². The Morgan fingerprint density at radius 2 is 1.87 bits per heavy atom. The molecule has 1 rings (SSSR count). The molecule has 0 atom stereocenters. The lowest BCUT2D eigenvalue weighted by molar-refractivity contribution is 0.586. The standard InChI is InChI=1S/C12H17O2S/c1-4-7-11-8-5-6-9-12(11)15(13,14)10(2)3/h5-6,8-10H,1,4,7H2,2-3H3. The van der Waals surface area contributed by atoms with Crippen LogP contribution in [0, 0.1) is 6.92 Å². The molecule has 1 aromatic carbocycles. The summed E-state index contributed by atoms with van der Waals surface area (Å²) in [5.74, 6) is 0. The van der Waals surface area contributed by atoms with Crippen molar-refractivity contribution in [1.82, 2.24) is 0 Å². The monoisotopic (exact) mass is 225 g/mol. The first kappa shape index (κ1) is 12.2. The third-order valence-corrected chi connectivity index (χ3v) is 4.60. The van der Waals surface area contributed by atoms with E-state index in [1.807, 2.05) is 12.1 Å². The van der Waals surface area contributed by atoms with Gasteiger partial charge in [0.2, 0.25) is 0 Å². The molecule has 0 aromatic heterocycles. The van der Waals surface area contributed by atoms with Crippen LogP contribution in [0.1, 0.15) is 25.8 Å². The summed E-state index contributed by atoms with van der Waals surface area (Å²) in [6.07, 6.45) is 1.42. The van der Waals surface area contributed by atoms with Crippen LogP contribution in [0.3, 0.4) is 0 Å². The number of sulfone groups is 1. The summed E-state index contributed by atoms with van der Waals surface area (Å²) < 4.78 is 24.0. The Kier molecular flexibility index (Phi) is 3.91. The maximum absolute atomic E-state index is 12.0. The van der Waals surface area contributed by atoms with E-state index >= 15 is 0 Å². The van der Waals surface area contributed by atoms with Crippen LogP contribution in [-0.4, -0.2) is 13.7 Å². The highest BCUT2D eigenvalue weighted by Gasteiger charge is 2.21. The fraction of sp³-hybridized carbons (Fsp3) is 0.417. The fourth-order valence-electron chi connectivity index (χ4n) is 1.43. The van der Waals surface area contributed by atoms with Gasteiger partial charge >= 0.3 is 0 Å². The van der Waals surface area contributed by atoms with Gasteiger partial charge in [-0.15, -0.1) is 0 Å². The zero-order chi connectivity index (χ0) is 11.5. The second kappa shape index (κ2) is 4.79. The van der Waals surface area contributed by atoms with Crippen LogP contribution in [0.5, 0.6) is 0 Å². The van der Waals surface area contributed by atoms with E-state index in [0.717, 1.165) is 5.56 Å². The molecule has 0 saturated carbocycles. The molecular weight excluding hydrogens is 208 g/mol. The van der Waals surface area contributed by atoms with E-state index < -0.39 is 9.84 Å². The summed E-state index contributed by atoms with van der Waals surface area (Å²) in [5, 5.41) is -0.372. The van der Waals surface area contributed by atoms with Crippen LogP contribution in [-0.2, 0) is 16.3 Å². The largest absolute Gasteiger partial charge is 0.223 e. The maximum atomic E-state index is 12.0. The van der Waals surface area contributed by atoms with Gasteiger partial charge in [-0.3, -0.25) is 0 Å². The predicted molar refractivity (Wildman–Crippen MR) is 62.4 cm³/mol. The van der Waals surface area contributed by atoms with Crippen molar-refractivity contribution in [2.24, 2.45) is 0 Å². The van der Waals surface area contributed by atoms with E-state index in [4.69, 9.17) is 0 Å². The molecule has 0 N–H and O–H groups in total. The van der Waals surface area contributed by atoms with Gasteiger partial charge in [0.15, 0.2) is 9.84 Å². The summed E-state index contributed by atoms with van der Waals surface area (Å²) in [4.78, 5) is 0.462. The Morgan fingerprint density at radius 1 is 1.27 bits per heavy atom. The molecule has 83 valence electrons. The normalized spacial score (nSPS) is 12.0. The molecule has 0 bridgehead atoms. The van der Waals surface area contributed by atoms with Gasteiger partial charge in [0, 0.05) is 0 Å². The van der Waals surface area contributed by atoms with Gasteiger partial charge in [-0.05, 0) is 38.3 Å². The molecule has 0 amide bonds. The van der Waals surface area contributed by atoms with Crippen molar-refractivity contribution >= 4 is 9.84 Å². The van der Waals surface area contributed by atoms with Crippen molar-refractivity contribution in [2.45, 2.75) is 36.8 Å².